The molecule has 108 valence electrons. The van der Waals surface area contributed by atoms with E-state index in [1.54, 1.807) is 0 Å². The summed E-state index contributed by atoms with van der Waals surface area (Å²) in [5.74, 6) is 0. The SMILES string of the molecule is CC.CC.CC.CN1CCc2ccccc21.CO. The molecule has 0 spiro atoms. The molecule has 1 aromatic rings. The summed E-state index contributed by atoms with van der Waals surface area (Å²) in [5.41, 5.74) is 2.90. The molecule has 1 N–H and O–H groups in total. The maximum absolute atomic E-state index is 7.00. The highest BCUT2D eigenvalue weighted by molar-refractivity contribution is 5.56. The Bertz CT molecular complexity index is 249. The van der Waals surface area contributed by atoms with E-state index in [2.05, 4.69) is 36.2 Å². The Morgan fingerprint density at radius 2 is 1.33 bits per heavy atom. The van der Waals surface area contributed by atoms with Crippen LogP contribution in [0.25, 0.3) is 0 Å². The van der Waals surface area contributed by atoms with Crippen LogP contribution in [0.2, 0.25) is 0 Å². The van der Waals surface area contributed by atoms with Crippen molar-refractivity contribution in [2.24, 2.45) is 0 Å². The lowest BCUT2D eigenvalue weighted by atomic mass is 10.2. The van der Waals surface area contributed by atoms with E-state index in [0.717, 1.165) is 7.11 Å². The van der Waals surface area contributed by atoms with Gasteiger partial charge in [-0.3, -0.25) is 0 Å². The van der Waals surface area contributed by atoms with E-state index >= 15 is 0 Å². The smallest absolute Gasteiger partial charge is 0.0396 e. The average molecular weight is 255 g/mol. The van der Waals surface area contributed by atoms with Crippen LogP contribution in [0.5, 0.6) is 0 Å². The molecule has 0 atom stereocenters. The van der Waals surface area contributed by atoms with Crippen LogP contribution in [0.4, 0.5) is 5.69 Å². The third-order valence-corrected chi connectivity index (χ3v) is 2.12. The number of likely N-dealkylation sites (N-methyl/N-ethyl adjacent to an activating group) is 1. The normalized spacial score (nSPS) is 9.94. The zero-order valence-corrected chi connectivity index (χ0v) is 13.6. The minimum Gasteiger partial charge on any atom is -0.400 e. The molecule has 0 unspecified atom stereocenters. The van der Waals surface area contributed by atoms with Crippen molar-refractivity contribution in [2.45, 2.75) is 48.0 Å². The zero-order chi connectivity index (χ0) is 15.0. The van der Waals surface area contributed by atoms with Crippen molar-refractivity contribution < 1.29 is 5.11 Å². The minimum atomic E-state index is 1.00. The van der Waals surface area contributed by atoms with Gasteiger partial charge in [-0.25, -0.2) is 0 Å². The number of hydrogen-bond donors (Lipinski definition) is 1. The number of fused-ring (bicyclic) bond motifs is 1. The molecular formula is C16H33NO. The van der Waals surface area contributed by atoms with Gasteiger partial charge in [0.2, 0.25) is 0 Å². The van der Waals surface area contributed by atoms with Crippen LogP contribution < -0.4 is 4.90 Å². The number of anilines is 1. The molecule has 0 saturated carbocycles. The van der Waals surface area contributed by atoms with E-state index in [-0.39, 0.29) is 0 Å². The topological polar surface area (TPSA) is 23.5 Å². The van der Waals surface area contributed by atoms with Crippen LogP contribution >= 0.6 is 0 Å². The molecule has 2 heteroatoms. The summed E-state index contributed by atoms with van der Waals surface area (Å²) in [7, 11) is 3.14. The van der Waals surface area contributed by atoms with Gasteiger partial charge in [-0.15, -0.1) is 0 Å². The molecule has 0 saturated heterocycles. The number of rotatable bonds is 0. The second kappa shape index (κ2) is 18.3. The van der Waals surface area contributed by atoms with Gasteiger partial charge in [-0.2, -0.15) is 0 Å². The standard InChI is InChI=1S/C9H11N.3C2H6.CH4O/c1-10-7-6-8-4-2-3-5-9(8)10;4*1-2/h2-5H,6-7H2,1H3;3*1-2H3;2H,1H3. The molecule has 1 aromatic carbocycles. The Balaban J connectivity index is -0.000000244. The zero-order valence-electron chi connectivity index (χ0n) is 13.6. The van der Waals surface area contributed by atoms with Gasteiger partial charge in [0.25, 0.3) is 0 Å². The van der Waals surface area contributed by atoms with Crippen LogP contribution in [0, 0.1) is 0 Å². The molecule has 2 rings (SSSR count). The molecule has 0 aromatic heterocycles. The van der Waals surface area contributed by atoms with E-state index in [1.807, 2.05) is 41.5 Å². The molecular weight excluding hydrogens is 222 g/mol. The van der Waals surface area contributed by atoms with Crippen molar-refractivity contribution >= 4 is 5.69 Å². The monoisotopic (exact) mass is 255 g/mol. The quantitative estimate of drug-likeness (QED) is 0.744. The largest absolute Gasteiger partial charge is 0.400 e. The molecule has 0 bridgehead atoms. The van der Waals surface area contributed by atoms with Crippen LogP contribution in [0.15, 0.2) is 24.3 Å². The van der Waals surface area contributed by atoms with Gasteiger partial charge in [0.05, 0.1) is 0 Å². The molecule has 1 aliphatic rings. The van der Waals surface area contributed by atoms with Crippen LogP contribution in [0.1, 0.15) is 47.1 Å². The summed E-state index contributed by atoms with van der Waals surface area (Å²) in [6, 6.07) is 8.60. The van der Waals surface area contributed by atoms with Crippen LogP contribution in [-0.4, -0.2) is 25.8 Å². The first-order valence-corrected chi connectivity index (χ1v) is 7.12. The highest BCUT2D eigenvalue weighted by Crippen LogP contribution is 2.25. The predicted molar refractivity (Wildman–Crippen MR) is 85.6 cm³/mol. The first kappa shape index (κ1) is 22.2. The summed E-state index contributed by atoms with van der Waals surface area (Å²) in [4.78, 5) is 2.30. The summed E-state index contributed by atoms with van der Waals surface area (Å²) in [5, 5.41) is 7.00. The third-order valence-electron chi connectivity index (χ3n) is 2.12. The van der Waals surface area contributed by atoms with Crippen LogP contribution in [-0.2, 0) is 6.42 Å². The van der Waals surface area contributed by atoms with Crippen molar-refractivity contribution in [1.29, 1.82) is 0 Å². The average Bonchev–Trinajstić information content (AvgIpc) is 2.90. The van der Waals surface area contributed by atoms with Gasteiger partial charge in [-0.1, -0.05) is 59.7 Å². The molecule has 1 aliphatic heterocycles. The van der Waals surface area contributed by atoms with Gasteiger partial charge in [0.15, 0.2) is 0 Å². The van der Waals surface area contributed by atoms with Crippen molar-refractivity contribution in [3.8, 4) is 0 Å². The molecule has 1 heterocycles. The van der Waals surface area contributed by atoms with Crippen molar-refractivity contribution in [3.63, 3.8) is 0 Å². The van der Waals surface area contributed by atoms with E-state index in [4.69, 9.17) is 5.11 Å². The Morgan fingerprint density at radius 3 is 1.78 bits per heavy atom. The lowest BCUT2D eigenvalue weighted by Crippen LogP contribution is -2.12. The highest BCUT2D eigenvalue weighted by atomic mass is 16.2. The van der Waals surface area contributed by atoms with Crippen molar-refractivity contribution in [3.05, 3.63) is 29.8 Å². The van der Waals surface area contributed by atoms with Crippen LogP contribution in [0.3, 0.4) is 0 Å². The number of hydrogen-bond acceptors (Lipinski definition) is 2. The lowest BCUT2D eigenvalue weighted by Gasteiger charge is -2.10. The van der Waals surface area contributed by atoms with E-state index in [1.165, 1.54) is 24.2 Å². The molecule has 0 aliphatic carbocycles. The summed E-state index contributed by atoms with van der Waals surface area (Å²) >= 11 is 0. The first-order chi connectivity index (χ1) is 8.88. The molecule has 0 amide bonds. The second-order valence-corrected chi connectivity index (χ2v) is 2.80. The highest BCUT2D eigenvalue weighted by Gasteiger charge is 2.12. The number of para-hydroxylation sites is 1. The number of aliphatic hydroxyl groups is 1. The summed E-state index contributed by atoms with van der Waals surface area (Å²) in [6.45, 7) is 13.2. The Kier molecular flexibility index (Phi) is 22.6. The second-order valence-electron chi connectivity index (χ2n) is 2.80. The maximum atomic E-state index is 7.00. The Labute approximate surface area is 115 Å². The van der Waals surface area contributed by atoms with E-state index < -0.39 is 0 Å². The maximum Gasteiger partial charge on any atom is 0.0396 e. The minimum absolute atomic E-state index is 1.00. The summed E-state index contributed by atoms with van der Waals surface area (Å²) < 4.78 is 0. The molecule has 0 fully saturated rings. The third kappa shape index (κ3) is 8.13. The van der Waals surface area contributed by atoms with Crippen molar-refractivity contribution in [1.82, 2.24) is 0 Å². The number of nitrogens with zero attached hydrogens (tertiary/aromatic N) is 1. The molecule has 0 radical (unpaired) electrons. The van der Waals surface area contributed by atoms with Gasteiger partial charge >= 0.3 is 0 Å². The van der Waals surface area contributed by atoms with Gasteiger partial charge < -0.3 is 10.0 Å². The fourth-order valence-electron chi connectivity index (χ4n) is 1.50. The Hall–Kier alpha value is -1.02. The Morgan fingerprint density at radius 1 is 0.889 bits per heavy atom. The van der Waals surface area contributed by atoms with E-state index in [0.29, 0.717) is 0 Å². The fraction of sp³-hybridized carbons (Fsp3) is 0.625. The summed E-state index contributed by atoms with van der Waals surface area (Å²) in [6.07, 6.45) is 1.21. The van der Waals surface area contributed by atoms with Gasteiger partial charge in [0, 0.05) is 26.4 Å². The molecule has 18 heavy (non-hydrogen) atoms. The predicted octanol–water partition coefficient (Wildman–Crippen LogP) is 4.37. The first-order valence-electron chi connectivity index (χ1n) is 7.12. The van der Waals surface area contributed by atoms with Gasteiger partial charge in [-0.05, 0) is 18.1 Å². The fourth-order valence-corrected chi connectivity index (χ4v) is 1.50. The molecule has 2 nitrogen and oxygen atoms in total. The number of benzene rings is 1. The lowest BCUT2D eigenvalue weighted by molar-refractivity contribution is 0.399. The number of aliphatic hydroxyl groups excluding tert-OH is 1. The van der Waals surface area contributed by atoms with Crippen molar-refractivity contribution in [2.75, 3.05) is 25.6 Å². The van der Waals surface area contributed by atoms with Gasteiger partial charge in [0.1, 0.15) is 0 Å². The van der Waals surface area contributed by atoms with E-state index in [9.17, 15) is 0 Å².